The summed E-state index contributed by atoms with van der Waals surface area (Å²) in [5.41, 5.74) is 0.762. The molecule has 122 valence electrons. The molecule has 0 bridgehead atoms. The van der Waals surface area contributed by atoms with Crippen molar-refractivity contribution in [3.05, 3.63) is 58.6 Å². The van der Waals surface area contributed by atoms with Gasteiger partial charge in [0.2, 0.25) is 5.91 Å². The quantitative estimate of drug-likeness (QED) is 0.844. The van der Waals surface area contributed by atoms with E-state index in [2.05, 4.69) is 10.6 Å². The monoisotopic (exact) mass is 342 g/mol. The van der Waals surface area contributed by atoms with Gasteiger partial charge in [-0.3, -0.25) is 4.79 Å². The molecule has 0 unspecified atom stereocenters. The van der Waals surface area contributed by atoms with Crippen LogP contribution in [0.3, 0.4) is 0 Å². The first kappa shape index (κ1) is 17.1. The summed E-state index contributed by atoms with van der Waals surface area (Å²) in [6.07, 6.45) is -4.47. The molecule has 1 amide bonds. The number of carbonyl (C=O) groups is 1. The number of rotatable bonds is 4. The Labute approximate surface area is 136 Å². The lowest BCUT2D eigenvalue weighted by atomic mass is 10.2. The fraction of sp³-hybridized carbons (Fsp3) is 0.188. The minimum atomic E-state index is -4.47. The summed E-state index contributed by atoms with van der Waals surface area (Å²) in [7, 11) is 0. The van der Waals surface area contributed by atoms with Crippen LogP contribution in [0.4, 0.5) is 24.5 Å². The van der Waals surface area contributed by atoms with Crippen molar-refractivity contribution >= 4 is 28.9 Å². The van der Waals surface area contributed by atoms with Crippen LogP contribution >= 0.6 is 11.6 Å². The average Bonchev–Trinajstić information content (AvgIpc) is 2.47. The van der Waals surface area contributed by atoms with E-state index in [9.17, 15) is 18.0 Å². The summed E-state index contributed by atoms with van der Waals surface area (Å²) in [5, 5.41) is 5.41. The van der Waals surface area contributed by atoms with Crippen LogP contribution in [0.2, 0.25) is 5.02 Å². The fourth-order valence-corrected chi connectivity index (χ4v) is 2.10. The predicted octanol–water partition coefficient (Wildman–Crippen LogP) is 4.72. The number of hydrogen-bond donors (Lipinski definition) is 2. The molecule has 2 N–H and O–H groups in total. The maximum Gasteiger partial charge on any atom is 0.416 e. The van der Waals surface area contributed by atoms with Crippen LogP contribution in [0, 0.1) is 6.92 Å². The summed E-state index contributed by atoms with van der Waals surface area (Å²) in [5.74, 6) is -0.382. The number of alkyl halides is 3. The number of amides is 1. The van der Waals surface area contributed by atoms with Crippen molar-refractivity contribution in [2.75, 3.05) is 17.2 Å². The van der Waals surface area contributed by atoms with Gasteiger partial charge in [-0.05, 0) is 36.8 Å². The second-order valence-electron chi connectivity index (χ2n) is 4.91. The summed E-state index contributed by atoms with van der Waals surface area (Å²) in [6.45, 7) is 1.64. The highest BCUT2D eigenvalue weighted by atomic mass is 35.5. The van der Waals surface area contributed by atoms with Crippen LogP contribution in [0.5, 0.6) is 0 Å². The van der Waals surface area contributed by atoms with Crippen LogP contribution < -0.4 is 10.6 Å². The molecule has 2 aromatic rings. The lowest BCUT2D eigenvalue weighted by Crippen LogP contribution is -2.22. The SMILES string of the molecule is Cc1ccccc1NC(=O)CNc1cc(C(F)(F)F)ccc1Cl. The van der Waals surface area contributed by atoms with E-state index in [1.165, 1.54) is 0 Å². The topological polar surface area (TPSA) is 41.1 Å². The number of aryl methyl sites for hydroxylation is 1. The Morgan fingerprint density at radius 1 is 1.13 bits per heavy atom. The standard InChI is InChI=1S/C16H14ClF3N2O/c1-10-4-2-3-5-13(10)22-15(23)9-21-14-8-11(16(18,19)20)6-7-12(14)17/h2-8,21H,9H2,1H3,(H,22,23). The zero-order chi connectivity index (χ0) is 17.0. The molecule has 0 aliphatic carbocycles. The Bertz CT molecular complexity index is 717. The van der Waals surface area contributed by atoms with Gasteiger partial charge in [-0.2, -0.15) is 13.2 Å². The largest absolute Gasteiger partial charge is 0.416 e. The van der Waals surface area contributed by atoms with Crippen molar-refractivity contribution in [3.63, 3.8) is 0 Å². The molecule has 2 aromatic carbocycles. The number of halogens is 4. The van der Waals surface area contributed by atoms with Gasteiger partial charge in [-0.25, -0.2) is 0 Å². The molecule has 3 nitrogen and oxygen atoms in total. The van der Waals surface area contributed by atoms with Crippen molar-refractivity contribution in [3.8, 4) is 0 Å². The summed E-state index contributed by atoms with van der Waals surface area (Å²) in [4.78, 5) is 11.9. The van der Waals surface area contributed by atoms with Crippen molar-refractivity contribution in [1.82, 2.24) is 0 Å². The lowest BCUT2D eigenvalue weighted by molar-refractivity contribution is -0.137. The molecule has 0 saturated carbocycles. The first-order chi connectivity index (χ1) is 10.8. The molecule has 7 heteroatoms. The van der Waals surface area contributed by atoms with Gasteiger partial charge >= 0.3 is 6.18 Å². The summed E-state index contributed by atoms with van der Waals surface area (Å²) < 4.78 is 38.0. The van der Waals surface area contributed by atoms with Gasteiger partial charge in [0.25, 0.3) is 0 Å². The van der Waals surface area contributed by atoms with Gasteiger partial charge < -0.3 is 10.6 Å². The van der Waals surface area contributed by atoms with E-state index >= 15 is 0 Å². The lowest BCUT2D eigenvalue weighted by Gasteiger charge is -2.13. The molecule has 0 aromatic heterocycles. The van der Waals surface area contributed by atoms with Crippen LogP contribution in [0.25, 0.3) is 0 Å². The third kappa shape index (κ3) is 4.63. The van der Waals surface area contributed by atoms with Gasteiger partial charge in [-0.1, -0.05) is 29.8 Å². The van der Waals surface area contributed by atoms with E-state index in [1.807, 2.05) is 19.1 Å². The maximum absolute atomic E-state index is 12.7. The molecule has 0 atom stereocenters. The van der Waals surface area contributed by atoms with Crippen molar-refractivity contribution in [1.29, 1.82) is 0 Å². The Hall–Kier alpha value is -2.21. The van der Waals surface area contributed by atoms with Crippen LogP contribution in [0.1, 0.15) is 11.1 Å². The Morgan fingerprint density at radius 3 is 2.48 bits per heavy atom. The van der Waals surface area contributed by atoms with Crippen molar-refractivity contribution < 1.29 is 18.0 Å². The third-order valence-corrected chi connectivity index (χ3v) is 3.48. The number of para-hydroxylation sites is 1. The van der Waals surface area contributed by atoms with E-state index in [0.717, 1.165) is 23.8 Å². The fourth-order valence-electron chi connectivity index (χ4n) is 1.92. The molecular formula is C16H14ClF3N2O. The van der Waals surface area contributed by atoms with Gasteiger partial charge in [0.15, 0.2) is 0 Å². The molecule has 0 saturated heterocycles. The predicted molar refractivity (Wildman–Crippen MR) is 84.8 cm³/mol. The van der Waals surface area contributed by atoms with E-state index in [0.29, 0.717) is 5.69 Å². The van der Waals surface area contributed by atoms with Gasteiger partial charge in [0.05, 0.1) is 22.8 Å². The molecule has 2 rings (SSSR count). The Balaban J connectivity index is 2.03. The minimum absolute atomic E-state index is 0.0569. The summed E-state index contributed by atoms with van der Waals surface area (Å²) >= 11 is 5.85. The maximum atomic E-state index is 12.7. The molecule has 0 aliphatic heterocycles. The number of nitrogens with one attached hydrogen (secondary N) is 2. The highest BCUT2D eigenvalue weighted by Crippen LogP contribution is 2.33. The second-order valence-corrected chi connectivity index (χ2v) is 5.32. The molecule has 23 heavy (non-hydrogen) atoms. The third-order valence-electron chi connectivity index (χ3n) is 3.15. The first-order valence-electron chi connectivity index (χ1n) is 6.73. The average molecular weight is 343 g/mol. The highest BCUT2D eigenvalue weighted by Gasteiger charge is 2.30. The first-order valence-corrected chi connectivity index (χ1v) is 7.11. The van der Waals surface area contributed by atoms with E-state index in [1.54, 1.807) is 12.1 Å². The Morgan fingerprint density at radius 2 is 1.83 bits per heavy atom. The highest BCUT2D eigenvalue weighted by molar-refractivity contribution is 6.33. The van der Waals surface area contributed by atoms with Crippen LogP contribution in [-0.4, -0.2) is 12.5 Å². The zero-order valence-corrected chi connectivity index (χ0v) is 12.9. The molecule has 0 fully saturated rings. The molecule has 0 heterocycles. The van der Waals surface area contributed by atoms with Gasteiger partial charge in [0, 0.05) is 5.69 Å². The van der Waals surface area contributed by atoms with Gasteiger partial charge in [0.1, 0.15) is 0 Å². The molecule has 0 radical (unpaired) electrons. The molecule has 0 spiro atoms. The van der Waals surface area contributed by atoms with E-state index < -0.39 is 11.7 Å². The van der Waals surface area contributed by atoms with Crippen LogP contribution in [-0.2, 0) is 11.0 Å². The Kier molecular flexibility index (Phi) is 5.15. The summed E-state index contributed by atoms with van der Waals surface area (Å²) in [6, 6.07) is 10.1. The van der Waals surface area contributed by atoms with Gasteiger partial charge in [-0.15, -0.1) is 0 Å². The van der Waals surface area contributed by atoms with E-state index in [-0.39, 0.29) is 23.2 Å². The zero-order valence-electron chi connectivity index (χ0n) is 12.2. The second kappa shape index (κ2) is 6.91. The number of benzene rings is 2. The number of anilines is 2. The normalized spacial score (nSPS) is 11.2. The van der Waals surface area contributed by atoms with E-state index in [4.69, 9.17) is 11.6 Å². The number of carbonyl (C=O) groups excluding carboxylic acids is 1. The number of hydrogen-bond acceptors (Lipinski definition) is 2. The minimum Gasteiger partial charge on any atom is -0.375 e. The van der Waals surface area contributed by atoms with Crippen LogP contribution in [0.15, 0.2) is 42.5 Å². The smallest absolute Gasteiger partial charge is 0.375 e. The molecule has 0 aliphatic rings. The molecular weight excluding hydrogens is 329 g/mol. The van der Waals surface area contributed by atoms with Crippen molar-refractivity contribution in [2.24, 2.45) is 0 Å². The van der Waals surface area contributed by atoms with Crippen molar-refractivity contribution in [2.45, 2.75) is 13.1 Å².